The van der Waals surface area contributed by atoms with Crippen LogP contribution in [0.2, 0.25) is 0 Å². The molecule has 0 aromatic heterocycles. The molecular weight excluding hydrogens is 420 g/mol. The largest absolute Gasteiger partial charge is 0.463 e. The van der Waals surface area contributed by atoms with E-state index in [9.17, 15) is 18.0 Å². The van der Waals surface area contributed by atoms with E-state index in [0.717, 1.165) is 5.56 Å². The normalized spacial score (nSPS) is 13.1. The van der Waals surface area contributed by atoms with E-state index in [-0.39, 0.29) is 30.4 Å². The van der Waals surface area contributed by atoms with E-state index in [1.165, 1.54) is 0 Å². The van der Waals surface area contributed by atoms with Gasteiger partial charge in [0.05, 0.1) is 17.4 Å². The third kappa shape index (κ3) is 9.26. The summed E-state index contributed by atoms with van der Waals surface area (Å²) in [4.78, 5) is 24.3. The van der Waals surface area contributed by atoms with Gasteiger partial charge in [0.25, 0.3) is 0 Å². The van der Waals surface area contributed by atoms with Crippen LogP contribution in [0.1, 0.15) is 57.7 Å². The maximum Gasteiger partial charge on any atom is 0.407 e. The molecule has 31 heavy (non-hydrogen) atoms. The van der Waals surface area contributed by atoms with Gasteiger partial charge in [0, 0.05) is 6.54 Å². The van der Waals surface area contributed by atoms with Gasteiger partial charge in [0.2, 0.25) is 10.0 Å². The van der Waals surface area contributed by atoms with Crippen LogP contribution in [0, 0.1) is 26.7 Å². The number of hydrogen-bond acceptors (Lipinski definition) is 6. The smallest absolute Gasteiger partial charge is 0.407 e. The van der Waals surface area contributed by atoms with Crippen LogP contribution in [-0.4, -0.2) is 45.3 Å². The Balaban J connectivity index is 2.58. The maximum atomic E-state index is 12.6. The number of hydrogen-bond donors (Lipinski definition) is 2. The summed E-state index contributed by atoms with van der Waals surface area (Å²) >= 11 is 0. The Morgan fingerprint density at radius 2 is 1.61 bits per heavy atom. The number of carbonyl (C=O) groups is 2. The zero-order chi connectivity index (χ0) is 24.0. The first-order valence-corrected chi connectivity index (χ1v) is 11.8. The molecule has 9 heteroatoms. The van der Waals surface area contributed by atoms with Crippen molar-refractivity contribution in [1.82, 2.24) is 10.0 Å². The molecular formula is C22H36N2O6S. The number of nitrogens with one attached hydrogen (secondary N) is 2. The molecule has 1 amide bonds. The van der Waals surface area contributed by atoms with Crippen LogP contribution < -0.4 is 10.0 Å². The Morgan fingerprint density at radius 1 is 1.06 bits per heavy atom. The van der Waals surface area contributed by atoms with Crippen molar-refractivity contribution in [1.29, 1.82) is 0 Å². The molecule has 0 aliphatic carbocycles. The molecule has 1 aromatic carbocycles. The van der Waals surface area contributed by atoms with Crippen LogP contribution in [0.4, 0.5) is 4.79 Å². The third-order valence-corrected chi connectivity index (χ3v) is 6.19. The van der Waals surface area contributed by atoms with Crippen molar-refractivity contribution in [2.24, 2.45) is 5.92 Å². The highest BCUT2D eigenvalue weighted by atomic mass is 32.2. The first-order valence-electron chi connectivity index (χ1n) is 10.3. The molecule has 0 saturated heterocycles. The van der Waals surface area contributed by atoms with Crippen molar-refractivity contribution in [2.45, 2.75) is 78.3 Å². The van der Waals surface area contributed by atoms with Gasteiger partial charge >= 0.3 is 12.1 Å². The lowest BCUT2D eigenvalue weighted by molar-refractivity contribution is -0.144. The fraction of sp³-hybridized carbons (Fsp3) is 0.636. The van der Waals surface area contributed by atoms with Gasteiger partial charge in [0.1, 0.15) is 12.2 Å². The number of carbonyl (C=O) groups excluding carboxylic acids is 2. The summed E-state index contributed by atoms with van der Waals surface area (Å²) in [7, 11) is -3.74. The number of amides is 1. The zero-order valence-electron chi connectivity index (χ0n) is 19.8. The SMILES string of the molecule is Cc1cc(C)c(S(=O)(=O)NCCC(=O)OCC(NC(=O)OC(C)(C)C)C(C)C)c(C)c1. The van der Waals surface area contributed by atoms with Crippen LogP contribution in [0.15, 0.2) is 17.0 Å². The highest BCUT2D eigenvalue weighted by molar-refractivity contribution is 7.89. The predicted octanol–water partition coefficient (Wildman–Crippen LogP) is 3.37. The van der Waals surface area contributed by atoms with Gasteiger partial charge in [0.15, 0.2) is 0 Å². The van der Waals surface area contributed by atoms with Gasteiger partial charge in [-0.1, -0.05) is 31.5 Å². The lowest BCUT2D eigenvalue weighted by Crippen LogP contribution is -2.44. The Hall–Kier alpha value is -2.13. The van der Waals surface area contributed by atoms with Crippen LogP contribution >= 0.6 is 0 Å². The fourth-order valence-corrected chi connectivity index (χ4v) is 4.55. The van der Waals surface area contributed by atoms with E-state index in [1.54, 1.807) is 46.8 Å². The van der Waals surface area contributed by atoms with Crippen LogP contribution in [0.25, 0.3) is 0 Å². The van der Waals surface area contributed by atoms with Crippen molar-refractivity contribution in [3.05, 3.63) is 28.8 Å². The Labute approximate surface area is 186 Å². The minimum absolute atomic E-state index is 0.00584. The first-order chi connectivity index (χ1) is 14.1. The molecule has 0 radical (unpaired) electrons. The van der Waals surface area contributed by atoms with E-state index in [4.69, 9.17) is 9.47 Å². The summed E-state index contributed by atoms with van der Waals surface area (Å²) in [5, 5.41) is 2.70. The number of rotatable bonds is 9. The van der Waals surface area contributed by atoms with Gasteiger partial charge < -0.3 is 14.8 Å². The topological polar surface area (TPSA) is 111 Å². The molecule has 8 nitrogen and oxygen atoms in total. The number of esters is 1. The molecule has 0 spiro atoms. The Morgan fingerprint density at radius 3 is 2.10 bits per heavy atom. The van der Waals surface area contributed by atoms with E-state index in [2.05, 4.69) is 10.0 Å². The summed E-state index contributed by atoms with van der Waals surface area (Å²) in [6.07, 6.45) is -0.709. The molecule has 0 bridgehead atoms. The van der Waals surface area contributed by atoms with Gasteiger partial charge in [-0.2, -0.15) is 0 Å². The average molecular weight is 457 g/mol. The first kappa shape index (κ1) is 26.9. The predicted molar refractivity (Wildman–Crippen MR) is 119 cm³/mol. The van der Waals surface area contributed by atoms with E-state index in [0.29, 0.717) is 11.1 Å². The number of benzene rings is 1. The van der Waals surface area contributed by atoms with Gasteiger partial charge in [-0.15, -0.1) is 0 Å². The molecule has 1 aromatic rings. The standard InChI is InChI=1S/C22H36N2O6S/c1-14(2)18(24-21(26)30-22(6,7)8)13-29-19(25)9-10-23-31(27,28)20-16(4)11-15(3)12-17(20)5/h11-12,14,18,23H,9-10,13H2,1-8H3,(H,24,26). The third-order valence-electron chi connectivity index (χ3n) is 4.43. The van der Waals surface area contributed by atoms with E-state index in [1.807, 2.05) is 20.8 Å². The molecule has 2 N–H and O–H groups in total. The van der Waals surface area contributed by atoms with Crippen LogP contribution in [0.5, 0.6) is 0 Å². The van der Waals surface area contributed by atoms with Crippen LogP contribution in [-0.2, 0) is 24.3 Å². The quantitative estimate of drug-likeness (QED) is 0.551. The average Bonchev–Trinajstić information content (AvgIpc) is 2.55. The molecule has 1 unspecified atom stereocenters. The monoisotopic (exact) mass is 456 g/mol. The number of aryl methyl sites for hydroxylation is 3. The van der Waals surface area contributed by atoms with Crippen molar-refractivity contribution in [3.63, 3.8) is 0 Å². The molecule has 0 aliphatic rings. The van der Waals surface area contributed by atoms with E-state index >= 15 is 0 Å². The molecule has 1 atom stereocenters. The van der Waals surface area contributed by atoms with Crippen molar-refractivity contribution in [2.75, 3.05) is 13.2 Å². The second-order valence-electron chi connectivity index (χ2n) is 9.06. The van der Waals surface area contributed by atoms with Crippen molar-refractivity contribution < 1.29 is 27.5 Å². The Kier molecular flexibility index (Phi) is 9.50. The van der Waals surface area contributed by atoms with Crippen molar-refractivity contribution in [3.8, 4) is 0 Å². The van der Waals surface area contributed by atoms with Gasteiger partial charge in [-0.25, -0.2) is 17.9 Å². The lowest BCUT2D eigenvalue weighted by atomic mass is 10.1. The Bertz CT molecular complexity index is 865. The summed E-state index contributed by atoms with van der Waals surface area (Å²) in [6.45, 7) is 14.3. The zero-order valence-corrected chi connectivity index (χ0v) is 20.6. The number of sulfonamides is 1. The van der Waals surface area contributed by atoms with E-state index < -0.39 is 33.7 Å². The highest BCUT2D eigenvalue weighted by Gasteiger charge is 2.23. The molecule has 176 valence electrons. The minimum atomic E-state index is -3.74. The molecule has 1 rings (SSSR count). The van der Waals surface area contributed by atoms with Crippen LogP contribution in [0.3, 0.4) is 0 Å². The maximum absolute atomic E-state index is 12.6. The molecule has 0 fully saturated rings. The number of ether oxygens (including phenoxy) is 2. The summed E-state index contributed by atoms with van der Waals surface area (Å²) < 4.78 is 38.2. The minimum Gasteiger partial charge on any atom is -0.463 e. The van der Waals surface area contributed by atoms with Gasteiger partial charge in [-0.05, 0) is 58.6 Å². The lowest BCUT2D eigenvalue weighted by Gasteiger charge is -2.25. The molecule has 0 saturated carbocycles. The number of alkyl carbamates (subject to hydrolysis) is 1. The second kappa shape index (κ2) is 10.9. The molecule has 0 aliphatic heterocycles. The molecule has 0 heterocycles. The second-order valence-corrected chi connectivity index (χ2v) is 10.8. The van der Waals surface area contributed by atoms with Gasteiger partial charge in [-0.3, -0.25) is 4.79 Å². The summed E-state index contributed by atoms with van der Waals surface area (Å²) in [6, 6.07) is 3.19. The highest BCUT2D eigenvalue weighted by Crippen LogP contribution is 2.21. The fourth-order valence-electron chi connectivity index (χ4n) is 3.06. The van der Waals surface area contributed by atoms with Crippen molar-refractivity contribution >= 4 is 22.1 Å². The summed E-state index contributed by atoms with van der Waals surface area (Å²) in [5.41, 5.74) is 1.66. The summed E-state index contributed by atoms with van der Waals surface area (Å²) in [5.74, 6) is -0.553.